The smallest absolute Gasteiger partial charge is 0.129 e. The molecule has 0 aliphatic heterocycles. The molecule has 2 aromatic rings. The van der Waals surface area contributed by atoms with Crippen LogP contribution in [0.1, 0.15) is 29.7 Å². The molecule has 4 heteroatoms. The molecule has 112 valence electrons. The summed E-state index contributed by atoms with van der Waals surface area (Å²) in [6, 6.07) is 10.4. The molecule has 2 aromatic carbocycles. The molecule has 21 heavy (non-hydrogen) atoms. The minimum Gasteiger partial charge on any atom is -0.497 e. The number of ether oxygens (including phenoxy) is 1. The average Bonchev–Trinajstić information content (AvgIpc) is 2.46. The van der Waals surface area contributed by atoms with Gasteiger partial charge in [0, 0.05) is 10.6 Å². The first-order valence-corrected chi connectivity index (χ1v) is 7.27. The molecule has 0 saturated heterocycles. The number of rotatable bonds is 5. The number of hydrogen-bond acceptors (Lipinski definition) is 2. The molecule has 2 rings (SSSR count). The monoisotopic (exact) mass is 307 g/mol. The van der Waals surface area contributed by atoms with E-state index >= 15 is 0 Å². The zero-order valence-corrected chi connectivity index (χ0v) is 13.2. The number of methoxy groups -OCH3 is 1. The van der Waals surface area contributed by atoms with E-state index in [1.807, 2.05) is 32.0 Å². The normalized spacial score (nSPS) is 12.2. The number of benzene rings is 2. The van der Waals surface area contributed by atoms with Crippen molar-refractivity contribution in [2.75, 3.05) is 13.7 Å². The van der Waals surface area contributed by atoms with Gasteiger partial charge in [-0.1, -0.05) is 30.7 Å². The van der Waals surface area contributed by atoms with Crippen molar-refractivity contribution in [2.45, 2.75) is 19.9 Å². The van der Waals surface area contributed by atoms with Crippen molar-refractivity contribution >= 4 is 11.6 Å². The first-order chi connectivity index (χ1) is 10.1. The minimum atomic E-state index is -0.302. The van der Waals surface area contributed by atoms with Crippen molar-refractivity contribution in [3.05, 3.63) is 63.9 Å². The van der Waals surface area contributed by atoms with Crippen LogP contribution in [-0.2, 0) is 0 Å². The van der Waals surface area contributed by atoms with E-state index in [-0.39, 0.29) is 11.9 Å². The van der Waals surface area contributed by atoms with Crippen molar-refractivity contribution in [2.24, 2.45) is 0 Å². The summed E-state index contributed by atoms with van der Waals surface area (Å²) in [6.07, 6.45) is 0. The van der Waals surface area contributed by atoms with Crippen molar-refractivity contribution in [3.63, 3.8) is 0 Å². The molecule has 0 aliphatic carbocycles. The highest BCUT2D eigenvalue weighted by Gasteiger charge is 2.19. The SMILES string of the molecule is CCNC(c1ccc(OC)cc1C)c1ccc(Cl)cc1F. The number of halogens is 2. The van der Waals surface area contributed by atoms with Gasteiger partial charge < -0.3 is 10.1 Å². The maximum atomic E-state index is 14.2. The maximum absolute atomic E-state index is 14.2. The minimum absolute atomic E-state index is 0.210. The average molecular weight is 308 g/mol. The maximum Gasteiger partial charge on any atom is 0.129 e. The van der Waals surface area contributed by atoms with Crippen molar-refractivity contribution < 1.29 is 9.13 Å². The van der Waals surface area contributed by atoms with Gasteiger partial charge in [-0.15, -0.1) is 0 Å². The second-order valence-electron chi connectivity index (χ2n) is 4.88. The first kappa shape index (κ1) is 15.8. The van der Waals surface area contributed by atoms with Gasteiger partial charge >= 0.3 is 0 Å². The van der Waals surface area contributed by atoms with E-state index in [1.165, 1.54) is 6.07 Å². The predicted molar refractivity (Wildman–Crippen MR) is 84.7 cm³/mol. The standard InChI is InChI=1S/C17H19ClFNO/c1-4-20-17(15-7-5-12(18)10-16(15)19)14-8-6-13(21-3)9-11(14)2/h5-10,17,20H,4H2,1-3H3. The molecule has 0 saturated carbocycles. The van der Waals surface area contributed by atoms with Crippen LogP contribution in [0.3, 0.4) is 0 Å². The van der Waals surface area contributed by atoms with Crippen molar-refractivity contribution in [3.8, 4) is 5.75 Å². The molecule has 0 spiro atoms. The van der Waals surface area contributed by atoms with Gasteiger partial charge in [-0.2, -0.15) is 0 Å². The highest BCUT2D eigenvalue weighted by molar-refractivity contribution is 6.30. The van der Waals surface area contributed by atoms with Gasteiger partial charge in [-0.25, -0.2) is 4.39 Å². The fraction of sp³-hybridized carbons (Fsp3) is 0.294. The molecule has 0 aliphatic rings. The first-order valence-electron chi connectivity index (χ1n) is 6.89. The summed E-state index contributed by atoms with van der Waals surface area (Å²) in [5, 5.41) is 3.73. The summed E-state index contributed by atoms with van der Waals surface area (Å²) in [5.74, 6) is 0.492. The van der Waals surface area contributed by atoms with Gasteiger partial charge in [0.1, 0.15) is 11.6 Å². The van der Waals surface area contributed by atoms with Crippen LogP contribution in [-0.4, -0.2) is 13.7 Å². The number of aryl methyl sites for hydroxylation is 1. The highest BCUT2D eigenvalue weighted by Crippen LogP contribution is 2.30. The lowest BCUT2D eigenvalue weighted by Gasteiger charge is -2.22. The second-order valence-corrected chi connectivity index (χ2v) is 5.32. The molecule has 0 amide bonds. The Balaban J connectivity index is 2.48. The quantitative estimate of drug-likeness (QED) is 0.878. The van der Waals surface area contributed by atoms with Crippen LogP contribution in [0.25, 0.3) is 0 Å². The van der Waals surface area contributed by atoms with Crippen LogP contribution in [0.5, 0.6) is 5.75 Å². The van der Waals surface area contributed by atoms with Gasteiger partial charge in [-0.05, 0) is 48.9 Å². The molecular formula is C17H19ClFNO. The molecule has 1 unspecified atom stereocenters. The topological polar surface area (TPSA) is 21.3 Å². The summed E-state index contributed by atoms with van der Waals surface area (Å²) >= 11 is 5.84. The van der Waals surface area contributed by atoms with Crippen molar-refractivity contribution in [1.82, 2.24) is 5.32 Å². The summed E-state index contributed by atoms with van der Waals surface area (Å²) in [6.45, 7) is 4.73. The van der Waals surface area contributed by atoms with E-state index in [0.29, 0.717) is 10.6 Å². The Kier molecular flexibility index (Phi) is 5.21. The molecule has 1 N–H and O–H groups in total. The van der Waals surface area contributed by atoms with E-state index < -0.39 is 0 Å². The van der Waals surface area contributed by atoms with Crippen molar-refractivity contribution in [1.29, 1.82) is 0 Å². The number of nitrogens with one attached hydrogen (secondary N) is 1. The molecule has 0 aromatic heterocycles. The number of hydrogen-bond donors (Lipinski definition) is 1. The Hall–Kier alpha value is -1.58. The van der Waals surface area contributed by atoms with E-state index in [9.17, 15) is 4.39 Å². The van der Waals surface area contributed by atoms with Gasteiger partial charge in [0.2, 0.25) is 0 Å². The molecular weight excluding hydrogens is 289 g/mol. The fourth-order valence-electron chi connectivity index (χ4n) is 2.43. The lowest BCUT2D eigenvalue weighted by molar-refractivity contribution is 0.414. The highest BCUT2D eigenvalue weighted by atomic mass is 35.5. The van der Waals surface area contributed by atoms with Crippen LogP contribution in [0.2, 0.25) is 5.02 Å². The van der Waals surface area contributed by atoms with Gasteiger partial charge in [0.05, 0.1) is 13.2 Å². The van der Waals surface area contributed by atoms with E-state index in [2.05, 4.69) is 5.32 Å². The molecule has 0 heterocycles. The lowest BCUT2D eigenvalue weighted by Crippen LogP contribution is -2.23. The van der Waals surface area contributed by atoms with Gasteiger partial charge in [-0.3, -0.25) is 0 Å². The molecule has 0 fully saturated rings. The Bertz CT molecular complexity index is 630. The van der Waals surface area contributed by atoms with E-state index in [0.717, 1.165) is 23.4 Å². The third-order valence-corrected chi connectivity index (χ3v) is 3.70. The summed E-state index contributed by atoms with van der Waals surface area (Å²) < 4.78 is 19.5. The molecule has 1 atom stereocenters. The van der Waals surface area contributed by atoms with E-state index in [1.54, 1.807) is 19.2 Å². The summed E-state index contributed by atoms with van der Waals surface area (Å²) in [5.41, 5.74) is 2.67. The Morgan fingerprint density at radius 3 is 2.48 bits per heavy atom. The van der Waals surface area contributed by atoms with Crippen LogP contribution >= 0.6 is 11.6 Å². The lowest BCUT2D eigenvalue weighted by atomic mass is 9.94. The Morgan fingerprint density at radius 2 is 1.90 bits per heavy atom. The van der Waals surface area contributed by atoms with Gasteiger partial charge in [0.15, 0.2) is 0 Å². The second kappa shape index (κ2) is 6.92. The molecule has 0 radical (unpaired) electrons. The Morgan fingerprint density at radius 1 is 1.19 bits per heavy atom. The third kappa shape index (κ3) is 3.55. The van der Waals surface area contributed by atoms with E-state index in [4.69, 9.17) is 16.3 Å². The zero-order chi connectivity index (χ0) is 15.4. The van der Waals surface area contributed by atoms with Crippen LogP contribution in [0, 0.1) is 12.7 Å². The van der Waals surface area contributed by atoms with Crippen LogP contribution in [0.15, 0.2) is 36.4 Å². The third-order valence-electron chi connectivity index (χ3n) is 3.47. The Labute approximate surface area is 129 Å². The van der Waals surface area contributed by atoms with Crippen LogP contribution in [0.4, 0.5) is 4.39 Å². The summed E-state index contributed by atoms with van der Waals surface area (Å²) in [7, 11) is 1.63. The summed E-state index contributed by atoms with van der Waals surface area (Å²) in [4.78, 5) is 0. The zero-order valence-electron chi connectivity index (χ0n) is 12.4. The molecule has 0 bridgehead atoms. The predicted octanol–water partition coefficient (Wildman–Crippen LogP) is 4.50. The van der Waals surface area contributed by atoms with Crippen LogP contribution < -0.4 is 10.1 Å². The molecule has 2 nitrogen and oxygen atoms in total. The largest absolute Gasteiger partial charge is 0.497 e. The van der Waals surface area contributed by atoms with Gasteiger partial charge in [0.25, 0.3) is 0 Å². The fourth-order valence-corrected chi connectivity index (χ4v) is 2.59.